The first-order valence-corrected chi connectivity index (χ1v) is 12.3. The Balaban J connectivity index is 1.45. The van der Waals surface area contributed by atoms with Crippen LogP contribution in [-0.4, -0.2) is 59.2 Å². The third-order valence-electron chi connectivity index (χ3n) is 5.84. The number of ether oxygens (including phenoxy) is 1. The van der Waals surface area contributed by atoms with E-state index in [4.69, 9.17) is 14.7 Å². The van der Waals surface area contributed by atoms with E-state index in [2.05, 4.69) is 17.1 Å². The zero-order chi connectivity index (χ0) is 23.3. The largest absolute Gasteiger partial charge is 0.494 e. The molecule has 174 valence electrons. The zero-order valence-electron chi connectivity index (χ0n) is 19.0. The number of likely N-dealkylation sites (tertiary alicyclic amines) is 1. The number of carbonyl (C=O) groups is 1. The molecule has 0 bridgehead atoms. The molecule has 8 heteroatoms. The molecule has 1 N–H and O–H groups in total. The van der Waals surface area contributed by atoms with Crippen molar-refractivity contribution in [2.75, 3.05) is 37.3 Å². The van der Waals surface area contributed by atoms with Gasteiger partial charge in [0.15, 0.2) is 5.66 Å². The van der Waals surface area contributed by atoms with E-state index in [-0.39, 0.29) is 17.5 Å². The molecule has 1 fully saturated rings. The molecule has 1 saturated heterocycles. The van der Waals surface area contributed by atoms with Crippen LogP contribution in [0, 0.1) is 5.82 Å². The first kappa shape index (κ1) is 23.4. The molecule has 2 aromatic rings. The Morgan fingerprint density at radius 1 is 1.09 bits per heavy atom. The van der Waals surface area contributed by atoms with E-state index in [1.807, 2.05) is 31.2 Å². The molecule has 0 aliphatic carbocycles. The highest BCUT2D eigenvalue weighted by molar-refractivity contribution is 8.16. The van der Waals surface area contributed by atoms with Gasteiger partial charge < -0.3 is 15.0 Å². The lowest BCUT2D eigenvalue weighted by molar-refractivity contribution is -0.113. The molecule has 2 aliphatic heterocycles. The van der Waals surface area contributed by atoms with Crippen molar-refractivity contribution in [2.45, 2.75) is 32.4 Å². The number of piperidine rings is 1. The summed E-state index contributed by atoms with van der Waals surface area (Å²) in [6.45, 7) is 7.58. The van der Waals surface area contributed by atoms with Gasteiger partial charge in [-0.3, -0.25) is 9.79 Å². The zero-order valence-corrected chi connectivity index (χ0v) is 19.8. The number of nitrogens with one attached hydrogen (secondary N) is 1. The molecule has 0 radical (unpaired) electrons. The number of anilines is 1. The molecule has 0 saturated carbocycles. The highest BCUT2D eigenvalue weighted by Crippen LogP contribution is 2.35. The van der Waals surface area contributed by atoms with E-state index in [0.717, 1.165) is 54.5 Å². The fourth-order valence-electron chi connectivity index (χ4n) is 4.00. The molecule has 2 aliphatic rings. The smallest absolute Gasteiger partial charge is 0.234 e. The van der Waals surface area contributed by atoms with Crippen molar-refractivity contribution < 1.29 is 13.9 Å². The number of aliphatic imine (C=N–C) groups is 2. The molecule has 2 aromatic carbocycles. The highest BCUT2D eigenvalue weighted by Gasteiger charge is 2.39. The molecule has 4 rings (SSSR count). The number of hydrogen-bond acceptors (Lipinski definition) is 6. The van der Waals surface area contributed by atoms with Crippen LogP contribution in [0.2, 0.25) is 0 Å². The van der Waals surface area contributed by atoms with Gasteiger partial charge in [0.1, 0.15) is 16.6 Å². The fraction of sp³-hybridized carbons (Fsp3) is 0.400. The summed E-state index contributed by atoms with van der Waals surface area (Å²) in [7, 11) is 0. The average Bonchev–Trinajstić information content (AvgIpc) is 3.18. The molecule has 2 heterocycles. The van der Waals surface area contributed by atoms with Gasteiger partial charge >= 0.3 is 0 Å². The lowest BCUT2D eigenvalue weighted by atomic mass is 9.98. The summed E-state index contributed by atoms with van der Waals surface area (Å²) in [5.74, 6) is 0.574. The molecule has 0 atom stereocenters. The number of hydrogen-bond donors (Lipinski definition) is 1. The third-order valence-corrected chi connectivity index (χ3v) is 6.81. The Hall–Kier alpha value is -2.71. The molecular formula is C25H29FN4O2S. The van der Waals surface area contributed by atoms with Gasteiger partial charge in [-0.15, -0.1) is 0 Å². The lowest BCUT2D eigenvalue weighted by Crippen LogP contribution is -2.41. The van der Waals surface area contributed by atoms with Gasteiger partial charge in [-0.1, -0.05) is 18.7 Å². The second-order valence-corrected chi connectivity index (χ2v) is 9.06. The van der Waals surface area contributed by atoms with Gasteiger partial charge in [-0.05, 0) is 62.0 Å². The van der Waals surface area contributed by atoms with E-state index < -0.39 is 5.66 Å². The van der Waals surface area contributed by atoms with E-state index in [9.17, 15) is 9.18 Å². The maximum Gasteiger partial charge on any atom is 0.234 e. The number of carbonyl (C=O) groups excluding carboxylic acids is 1. The number of thioether (sulfide) groups is 1. The standard InChI is InChI=1S/C25H29FN4O2S/c1-3-30-15-13-25(14-16-30)28-23(18-5-7-19(26)8-6-18)24(29-25)33-17-22(31)27-20-9-11-21(12-10-20)32-4-2/h5-12H,3-4,13-17H2,1-2H3,(H,27,31). The Morgan fingerprint density at radius 2 is 1.79 bits per heavy atom. The summed E-state index contributed by atoms with van der Waals surface area (Å²) in [4.78, 5) is 25.0. The quantitative estimate of drug-likeness (QED) is 0.645. The van der Waals surface area contributed by atoms with E-state index in [0.29, 0.717) is 12.3 Å². The molecule has 1 amide bonds. The monoisotopic (exact) mass is 468 g/mol. The number of halogens is 1. The molecular weight excluding hydrogens is 439 g/mol. The predicted molar refractivity (Wildman–Crippen MR) is 133 cm³/mol. The van der Waals surface area contributed by atoms with Crippen LogP contribution in [0.4, 0.5) is 10.1 Å². The average molecular weight is 469 g/mol. The van der Waals surface area contributed by atoms with Crippen molar-refractivity contribution in [1.29, 1.82) is 0 Å². The second kappa shape index (κ2) is 10.5. The van der Waals surface area contributed by atoms with Crippen molar-refractivity contribution in [3.05, 3.63) is 59.9 Å². The van der Waals surface area contributed by atoms with Gasteiger partial charge in [0, 0.05) is 37.2 Å². The van der Waals surface area contributed by atoms with Crippen molar-refractivity contribution in [3.8, 4) is 5.75 Å². The number of benzene rings is 2. The topological polar surface area (TPSA) is 66.3 Å². The molecule has 6 nitrogen and oxygen atoms in total. The third kappa shape index (κ3) is 5.81. The van der Waals surface area contributed by atoms with Crippen LogP contribution >= 0.6 is 11.8 Å². The Morgan fingerprint density at radius 3 is 2.42 bits per heavy atom. The van der Waals surface area contributed by atoms with E-state index in [1.54, 1.807) is 12.1 Å². The van der Waals surface area contributed by atoms with Gasteiger partial charge in [0.05, 0.1) is 18.1 Å². The second-order valence-electron chi connectivity index (χ2n) is 8.10. The summed E-state index contributed by atoms with van der Waals surface area (Å²) in [5, 5.41) is 3.66. The van der Waals surface area contributed by atoms with Crippen LogP contribution in [-0.2, 0) is 4.79 Å². The van der Waals surface area contributed by atoms with Gasteiger partial charge in [-0.25, -0.2) is 9.38 Å². The van der Waals surface area contributed by atoms with Crippen LogP contribution in [0.1, 0.15) is 32.3 Å². The first-order valence-electron chi connectivity index (χ1n) is 11.3. The van der Waals surface area contributed by atoms with Crippen LogP contribution in [0.3, 0.4) is 0 Å². The van der Waals surface area contributed by atoms with Gasteiger partial charge in [0.25, 0.3) is 0 Å². The summed E-state index contributed by atoms with van der Waals surface area (Å²) in [5.41, 5.74) is 1.81. The fourth-order valence-corrected chi connectivity index (χ4v) is 4.88. The Bertz CT molecular complexity index is 1030. The summed E-state index contributed by atoms with van der Waals surface area (Å²) >= 11 is 1.38. The van der Waals surface area contributed by atoms with Crippen LogP contribution < -0.4 is 10.1 Å². The Kier molecular flexibility index (Phi) is 7.45. The molecule has 0 unspecified atom stereocenters. The van der Waals surface area contributed by atoms with Crippen LogP contribution in [0.15, 0.2) is 58.5 Å². The molecule has 33 heavy (non-hydrogen) atoms. The van der Waals surface area contributed by atoms with E-state index >= 15 is 0 Å². The van der Waals surface area contributed by atoms with Crippen molar-refractivity contribution in [3.63, 3.8) is 0 Å². The van der Waals surface area contributed by atoms with Crippen LogP contribution in [0.5, 0.6) is 5.75 Å². The SMILES string of the molecule is CCOc1ccc(NC(=O)CSC2=NC3(CCN(CC)CC3)N=C2c2ccc(F)cc2)cc1. The number of amides is 1. The number of rotatable bonds is 7. The lowest BCUT2D eigenvalue weighted by Gasteiger charge is -2.34. The van der Waals surface area contributed by atoms with Crippen molar-refractivity contribution in [1.82, 2.24) is 4.90 Å². The Labute approximate surface area is 198 Å². The summed E-state index contributed by atoms with van der Waals surface area (Å²) < 4.78 is 18.9. The van der Waals surface area contributed by atoms with Crippen LogP contribution in [0.25, 0.3) is 0 Å². The maximum atomic E-state index is 13.5. The molecule has 0 aromatic heterocycles. The normalized spacial score (nSPS) is 17.5. The summed E-state index contributed by atoms with van der Waals surface area (Å²) in [6, 6.07) is 13.6. The van der Waals surface area contributed by atoms with Gasteiger partial charge in [-0.2, -0.15) is 0 Å². The van der Waals surface area contributed by atoms with Crippen molar-refractivity contribution in [2.24, 2.45) is 9.98 Å². The minimum atomic E-state index is -0.483. The predicted octanol–water partition coefficient (Wildman–Crippen LogP) is 4.61. The first-order chi connectivity index (χ1) is 16.0. The minimum absolute atomic E-state index is 0.118. The highest BCUT2D eigenvalue weighted by atomic mass is 32.2. The minimum Gasteiger partial charge on any atom is -0.494 e. The van der Waals surface area contributed by atoms with Gasteiger partial charge in [0.2, 0.25) is 5.91 Å². The maximum absolute atomic E-state index is 13.5. The number of nitrogens with zero attached hydrogens (tertiary/aromatic N) is 3. The molecule has 1 spiro atoms. The van der Waals surface area contributed by atoms with Crippen molar-refractivity contribution >= 4 is 34.1 Å². The van der Waals surface area contributed by atoms with E-state index in [1.165, 1.54) is 23.9 Å². The summed E-state index contributed by atoms with van der Waals surface area (Å²) in [6.07, 6.45) is 1.68.